The van der Waals surface area contributed by atoms with E-state index in [2.05, 4.69) is 10.4 Å². The normalized spacial score (nSPS) is 10.5. The quantitative estimate of drug-likeness (QED) is 0.756. The highest BCUT2D eigenvalue weighted by Gasteiger charge is 2.09. The molecule has 0 aliphatic carbocycles. The Morgan fingerprint density at radius 2 is 1.84 bits per heavy atom. The summed E-state index contributed by atoms with van der Waals surface area (Å²) in [4.78, 5) is 13.9. The van der Waals surface area contributed by atoms with E-state index in [9.17, 15) is 4.79 Å². The summed E-state index contributed by atoms with van der Waals surface area (Å²) in [5.41, 5.74) is 2.95. The highest BCUT2D eigenvalue weighted by molar-refractivity contribution is 6.30. The molecule has 0 saturated carbocycles. The minimum absolute atomic E-state index is 0.137. The lowest BCUT2D eigenvalue weighted by Crippen LogP contribution is -2.36. The first-order valence-corrected chi connectivity index (χ1v) is 8.32. The molecule has 1 aromatic heterocycles. The number of rotatable bonds is 5. The van der Waals surface area contributed by atoms with Crippen LogP contribution in [0.2, 0.25) is 5.02 Å². The van der Waals surface area contributed by atoms with Crippen molar-refractivity contribution >= 4 is 17.6 Å². The summed E-state index contributed by atoms with van der Waals surface area (Å²) in [6.07, 6.45) is 3.67. The van der Waals surface area contributed by atoms with E-state index < -0.39 is 0 Å². The van der Waals surface area contributed by atoms with Crippen LogP contribution in [-0.4, -0.2) is 27.8 Å². The van der Waals surface area contributed by atoms with Gasteiger partial charge in [-0.25, -0.2) is 9.48 Å². The Kier molecular flexibility index (Phi) is 5.36. The lowest BCUT2D eigenvalue weighted by Gasteiger charge is -2.17. The maximum atomic E-state index is 12.2. The summed E-state index contributed by atoms with van der Waals surface area (Å²) in [6.45, 7) is 0.947. The molecule has 0 spiro atoms. The van der Waals surface area contributed by atoms with Gasteiger partial charge < -0.3 is 10.2 Å². The van der Waals surface area contributed by atoms with Gasteiger partial charge in [0.25, 0.3) is 0 Å². The fraction of sp³-hybridized carbons (Fsp3) is 0.158. The molecule has 0 aliphatic heterocycles. The summed E-state index contributed by atoms with van der Waals surface area (Å²) in [6, 6.07) is 17.2. The van der Waals surface area contributed by atoms with E-state index in [4.69, 9.17) is 11.6 Å². The summed E-state index contributed by atoms with van der Waals surface area (Å²) in [7, 11) is 1.76. The molecule has 25 heavy (non-hydrogen) atoms. The van der Waals surface area contributed by atoms with Gasteiger partial charge in [0.15, 0.2) is 0 Å². The number of amides is 2. The van der Waals surface area contributed by atoms with Gasteiger partial charge in [-0.1, -0.05) is 41.9 Å². The maximum Gasteiger partial charge on any atom is 0.317 e. The second-order valence-electron chi connectivity index (χ2n) is 5.77. The first kappa shape index (κ1) is 17.0. The largest absolute Gasteiger partial charge is 0.334 e. The molecule has 0 unspecified atom stereocenters. The number of nitrogens with one attached hydrogen (secondary N) is 1. The number of aromatic nitrogens is 2. The fourth-order valence-electron chi connectivity index (χ4n) is 2.42. The number of halogens is 1. The number of carbonyl (C=O) groups is 1. The topological polar surface area (TPSA) is 50.2 Å². The smallest absolute Gasteiger partial charge is 0.317 e. The van der Waals surface area contributed by atoms with Crippen LogP contribution in [0, 0.1) is 0 Å². The van der Waals surface area contributed by atoms with Gasteiger partial charge in [0.1, 0.15) is 0 Å². The zero-order valence-electron chi connectivity index (χ0n) is 13.9. The Labute approximate surface area is 151 Å². The SMILES string of the molecule is CN(Cc1ccc(Cl)cc1)C(=O)NCc1cnn(-c2ccccc2)c1. The van der Waals surface area contributed by atoms with Crippen LogP contribution >= 0.6 is 11.6 Å². The molecule has 3 rings (SSSR count). The minimum atomic E-state index is -0.137. The van der Waals surface area contributed by atoms with E-state index in [-0.39, 0.29) is 6.03 Å². The highest BCUT2D eigenvalue weighted by Crippen LogP contribution is 2.11. The third-order valence-electron chi connectivity index (χ3n) is 3.78. The minimum Gasteiger partial charge on any atom is -0.334 e. The molecule has 0 fully saturated rings. The van der Waals surface area contributed by atoms with Gasteiger partial charge in [-0.3, -0.25) is 0 Å². The number of hydrogen-bond donors (Lipinski definition) is 1. The standard InChI is InChI=1S/C19H19ClN4O/c1-23(13-15-7-9-17(20)10-8-15)19(25)21-11-16-12-22-24(14-16)18-5-3-2-4-6-18/h2-10,12,14H,11,13H2,1H3,(H,21,25). The molecule has 128 valence electrons. The molecule has 1 heterocycles. The number of benzene rings is 2. The Morgan fingerprint density at radius 3 is 2.56 bits per heavy atom. The van der Waals surface area contributed by atoms with Crippen molar-refractivity contribution in [3.8, 4) is 5.69 Å². The molecule has 0 aliphatic rings. The zero-order valence-corrected chi connectivity index (χ0v) is 14.6. The van der Waals surface area contributed by atoms with Crippen molar-refractivity contribution < 1.29 is 4.79 Å². The molecule has 0 atom stereocenters. The molecule has 0 bridgehead atoms. The molecule has 2 amide bonds. The van der Waals surface area contributed by atoms with Crippen LogP contribution in [0.1, 0.15) is 11.1 Å². The van der Waals surface area contributed by atoms with Crippen LogP contribution in [0.15, 0.2) is 67.0 Å². The van der Waals surface area contributed by atoms with Gasteiger partial charge in [0, 0.05) is 36.9 Å². The summed E-state index contributed by atoms with van der Waals surface area (Å²) in [5.74, 6) is 0. The highest BCUT2D eigenvalue weighted by atomic mass is 35.5. The average molecular weight is 355 g/mol. The van der Waals surface area contributed by atoms with Crippen molar-refractivity contribution in [1.29, 1.82) is 0 Å². The molecular weight excluding hydrogens is 336 g/mol. The Hall–Kier alpha value is -2.79. The van der Waals surface area contributed by atoms with E-state index in [1.165, 1.54) is 0 Å². The Morgan fingerprint density at radius 1 is 1.12 bits per heavy atom. The van der Waals surface area contributed by atoms with E-state index in [1.54, 1.807) is 22.8 Å². The summed E-state index contributed by atoms with van der Waals surface area (Å²) in [5, 5.41) is 7.91. The lowest BCUT2D eigenvalue weighted by molar-refractivity contribution is 0.206. The van der Waals surface area contributed by atoms with Crippen molar-refractivity contribution in [2.45, 2.75) is 13.1 Å². The fourth-order valence-corrected chi connectivity index (χ4v) is 2.55. The predicted molar refractivity (Wildman–Crippen MR) is 98.7 cm³/mol. The van der Waals surface area contributed by atoms with Crippen molar-refractivity contribution in [1.82, 2.24) is 20.0 Å². The van der Waals surface area contributed by atoms with Gasteiger partial charge in [0.05, 0.1) is 11.9 Å². The number of urea groups is 1. The number of para-hydroxylation sites is 1. The average Bonchev–Trinajstić information content (AvgIpc) is 3.11. The van der Waals surface area contributed by atoms with Gasteiger partial charge in [-0.2, -0.15) is 5.10 Å². The van der Waals surface area contributed by atoms with Crippen LogP contribution in [0.4, 0.5) is 4.79 Å². The first-order chi connectivity index (χ1) is 12.1. The molecule has 0 saturated heterocycles. The second kappa shape index (κ2) is 7.85. The number of nitrogens with zero attached hydrogens (tertiary/aromatic N) is 3. The molecular formula is C19H19ClN4O. The zero-order chi connectivity index (χ0) is 17.6. The van der Waals surface area contributed by atoms with Crippen LogP contribution in [0.5, 0.6) is 0 Å². The lowest BCUT2D eigenvalue weighted by atomic mass is 10.2. The first-order valence-electron chi connectivity index (χ1n) is 7.94. The number of carbonyl (C=O) groups excluding carboxylic acids is 1. The second-order valence-corrected chi connectivity index (χ2v) is 6.21. The van der Waals surface area contributed by atoms with Gasteiger partial charge in [0.2, 0.25) is 0 Å². The molecule has 2 aromatic carbocycles. The Balaban J connectivity index is 1.53. The van der Waals surface area contributed by atoms with E-state index in [1.807, 2.05) is 60.8 Å². The van der Waals surface area contributed by atoms with E-state index in [0.717, 1.165) is 16.8 Å². The van der Waals surface area contributed by atoms with Crippen molar-refractivity contribution in [3.63, 3.8) is 0 Å². The molecule has 5 nitrogen and oxygen atoms in total. The maximum absolute atomic E-state index is 12.2. The van der Waals surface area contributed by atoms with Gasteiger partial charge in [-0.15, -0.1) is 0 Å². The predicted octanol–water partition coefficient (Wildman–Crippen LogP) is 3.87. The van der Waals surface area contributed by atoms with Crippen LogP contribution < -0.4 is 5.32 Å². The third-order valence-corrected chi connectivity index (χ3v) is 4.03. The molecule has 1 N–H and O–H groups in total. The van der Waals surface area contributed by atoms with Gasteiger partial charge in [-0.05, 0) is 29.8 Å². The molecule has 0 radical (unpaired) electrons. The van der Waals surface area contributed by atoms with Crippen molar-refractivity contribution in [3.05, 3.63) is 83.1 Å². The van der Waals surface area contributed by atoms with Crippen molar-refractivity contribution in [2.75, 3.05) is 7.05 Å². The van der Waals surface area contributed by atoms with Crippen LogP contribution in [-0.2, 0) is 13.1 Å². The van der Waals surface area contributed by atoms with Crippen LogP contribution in [0.25, 0.3) is 5.69 Å². The van der Waals surface area contributed by atoms with E-state index in [0.29, 0.717) is 18.1 Å². The van der Waals surface area contributed by atoms with E-state index >= 15 is 0 Å². The Bertz CT molecular complexity index is 830. The molecule has 6 heteroatoms. The summed E-state index contributed by atoms with van der Waals surface area (Å²) >= 11 is 5.87. The van der Waals surface area contributed by atoms with Crippen LogP contribution in [0.3, 0.4) is 0 Å². The molecule has 3 aromatic rings. The monoisotopic (exact) mass is 354 g/mol. The summed E-state index contributed by atoms with van der Waals surface area (Å²) < 4.78 is 1.79. The van der Waals surface area contributed by atoms with Crippen molar-refractivity contribution in [2.24, 2.45) is 0 Å². The third kappa shape index (κ3) is 4.61. The van der Waals surface area contributed by atoms with Gasteiger partial charge >= 0.3 is 6.03 Å². The number of hydrogen-bond acceptors (Lipinski definition) is 2.